The predicted molar refractivity (Wildman–Crippen MR) is 254 cm³/mol. The number of carboxylic acids is 1. The third-order valence-corrected chi connectivity index (χ3v) is 12.3. The number of benzene rings is 1. The fraction of sp³-hybridized carbons (Fsp3) is 0.600. The van der Waals surface area contributed by atoms with E-state index in [1.165, 1.54) is 10.9 Å². The molecule has 380 valence electrons. The van der Waals surface area contributed by atoms with Crippen LogP contribution in [0.15, 0.2) is 36.7 Å². The SMILES string of the molecule is C#CCOCCOCCOCCNc1nc(N2CCN(C(=O)[C@@H](Cc3ccc(O)cc3)n3cc(C(N)[C@H](C)CC)nn3)CC2)nc(N2CCN(C(=O)[C@H](CCC(=O)O)n3cc(C(N)CO)nn3)CC2)n1. The van der Waals surface area contributed by atoms with E-state index < -0.39 is 24.1 Å². The molecule has 25 nitrogen and oxygen atoms in total. The zero-order valence-electron chi connectivity index (χ0n) is 39.8. The van der Waals surface area contributed by atoms with Crippen molar-refractivity contribution in [3.8, 4) is 18.1 Å². The van der Waals surface area contributed by atoms with Crippen LogP contribution in [0, 0.1) is 18.3 Å². The van der Waals surface area contributed by atoms with Crippen LogP contribution in [0.3, 0.4) is 0 Å². The standard InChI is InChI=1S/C45H66N16O9/c1-4-21-68-23-25-70-26-24-69-22-12-48-43-49-44(58-17-13-56(14-18-58)41(66)37(10-11-39(64)65)60-28-35(52-54-60)34(46)30-62)51-45(50-43)59-19-15-57(16-20-59)42(67)38(27-32-6-8-33(63)9-7-32)61-29-36(53-55-61)40(47)31(3)5-2/h1,6-9,28-29,31,34,37-38,40,62-63H,5,10-27,30,46-47H2,2-3H3,(H,64,65)(H,48,49,50,51)/t31-,34?,37+,38-,40?/m1/s1. The van der Waals surface area contributed by atoms with Crippen molar-refractivity contribution >= 4 is 35.6 Å². The van der Waals surface area contributed by atoms with Gasteiger partial charge in [0.1, 0.15) is 30.1 Å². The molecule has 2 aliphatic rings. The largest absolute Gasteiger partial charge is 0.508 e. The number of carboxylic acid groups (broad SMARTS) is 1. The number of aliphatic hydroxyl groups is 1. The van der Waals surface area contributed by atoms with Gasteiger partial charge in [0, 0.05) is 71.7 Å². The maximum absolute atomic E-state index is 14.5. The molecule has 2 saturated heterocycles. The third kappa shape index (κ3) is 14.7. The highest BCUT2D eigenvalue weighted by molar-refractivity contribution is 5.82. The Hall–Kier alpha value is -6.56. The van der Waals surface area contributed by atoms with Crippen molar-refractivity contribution in [2.45, 2.75) is 63.7 Å². The number of rotatable bonds is 27. The van der Waals surface area contributed by atoms with Gasteiger partial charge in [-0.1, -0.05) is 48.7 Å². The van der Waals surface area contributed by atoms with E-state index in [1.807, 2.05) is 9.80 Å². The quantitative estimate of drug-likeness (QED) is 0.0332. The Morgan fingerprint density at radius 2 is 1.33 bits per heavy atom. The van der Waals surface area contributed by atoms with Gasteiger partial charge < -0.3 is 65.9 Å². The maximum Gasteiger partial charge on any atom is 0.303 e. The number of hydrogen-bond donors (Lipinski definition) is 6. The molecule has 5 heterocycles. The molecule has 0 saturated carbocycles. The first-order valence-corrected chi connectivity index (χ1v) is 23.6. The topological polar surface area (TPSA) is 317 Å². The average molecular weight is 975 g/mol. The van der Waals surface area contributed by atoms with E-state index in [2.05, 4.69) is 45.7 Å². The first-order chi connectivity index (χ1) is 33.9. The molecule has 3 aromatic heterocycles. The summed E-state index contributed by atoms with van der Waals surface area (Å²) in [7, 11) is 0. The van der Waals surface area contributed by atoms with Gasteiger partial charge in [0.05, 0.1) is 69.8 Å². The number of ether oxygens (including phenoxy) is 3. The lowest BCUT2D eigenvalue weighted by Crippen LogP contribution is -2.52. The number of nitrogens with zero attached hydrogens (tertiary/aromatic N) is 13. The Morgan fingerprint density at radius 3 is 1.90 bits per heavy atom. The Kier molecular flexibility index (Phi) is 19.9. The lowest BCUT2D eigenvalue weighted by Gasteiger charge is -2.38. The van der Waals surface area contributed by atoms with Crippen molar-refractivity contribution in [3.63, 3.8) is 0 Å². The summed E-state index contributed by atoms with van der Waals surface area (Å²) in [5.74, 6) is 2.26. The summed E-state index contributed by atoms with van der Waals surface area (Å²) >= 11 is 0. The molecule has 2 fully saturated rings. The van der Waals surface area contributed by atoms with Crippen molar-refractivity contribution in [2.24, 2.45) is 17.4 Å². The summed E-state index contributed by atoms with van der Waals surface area (Å²) in [5, 5.41) is 49.0. The molecular weight excluding hydrogens is 909 g/mol. The molecule has 0 radical (unpaired) electrons. The van der Waals surface area contributed by atoms with Crippen molar-refractivity contribution in [3.05, 3.63) is 53.6 Å². The lowest BCUT2D eigenvalue weighted by atomic mass is 9.98. The second kappa shape index (κ2) is 26.4. The normalized spacial score (nSPS) is 16.3. The Bertz CT molecular complexity index is 2310. The number of phenolic OH excluding ortho intramolecular Hbond substituents is 1. The minimum atomic E-state index is -1.06. The van der Waals surface area contributed by atoms with Gasteiger partial charge >= 0.3 is 5.97 Å². The van der Waals surface area contributed by atoms with E-state index in [0.29, 0.717) is 109 Å². The Balaban J connectivity index is 1.14. The van der Waals surface area contributed by atoms with Crippen LogP contribution in [0.2, 0.25) is 0 Å². The molecule has 2 aliphatic heterocycles. The minimum absolute atomic E-state index is 0.0251. The molecule has 4 aromatic rings. The first kappa shape index (κ1) is 52.8. The van der Waals surface area contributed by atoms with Crippen LogP contribution in [0.5, 0.6) is 5.75 Å². The fourth-order valence-corrected chi connectivity index (χ4v) is 7.82. The number of aliphatic hydroxyl groups excluding tert-OH is 1. The van der Waals surface area contributed by atoms with Crippen LogP contribution in [0.1, 0.15) is 74.2 Å². The lowest BCUT2D eigenvalue weighted by molar-refractivity contribution is -0.139. The monoisotopic (exact) mass is 975 g/mol. The molecule has 5 atom stereocenters. The van der Waals surface area contributed by atoms with Gasteiger partial charge in [0.2, 0.25) is 29.7 Å². The van der Waals surface area contributed by atoms with Crippen molar-refractivity contribution in [1.29, 1.82) is 0 Å². The van der Waals surface area contributed by atoms with Gasteiger partial charge in [0.25, 0.3) is 0 Å². The second-order valence-corrected chi connectivity index (χ2v) is 17.1. The maximum atomic E-state index is 14.5. The van der Waals surface area contributed by atoms with E-state index in [0.717, 1.165) is 12.0 Å². The van der Waals surface area contributed by atoms with Crippen molar-refractivity contribution in [2.75, 3.05) is 120 Å². The minimum Gasteiger partial charge on any atom is -0.508 e. The second-order valence-electron chi connectivity index (χ2n) is 17.1. The van der Waals surface area contributed by atoms with Gasteiger partial charge in [-0.3, -0.25) is 14.4 Å². The molecule has 70 heavy (non-hydrogen) atoms. The van der Waals surface area contributed by atoms with E-state index in [4.69, 9.17) is 47.1 Å². The van der Waals surface area contributed by atoms with E-state index >= 15 is 0 Å². The molecule has 2 unspecified atom stereocenters. The number of carbonyl (C=O) groups excluding carboxylic acids is 2. The van der Waals surface area contributed by atoms with Gasteiger partial charge in [0.15, 0.2) is 0 Å². The molecular formula is C45H66N16O9. The Labute approximate surface area is 406 Å². The van der Waals surface area contributed by atoms with Gasteiger partial charge in [-0.25, -0.2) is 9.36 Å². The van der Waals surface area contributed by atoms with Gasteiger partial charge in [-0.05, 0) is 30.0 Å². The number of amides is 2. The highest BCUT2D eigenvalue weighted by atomic mass is 16.5. The van der Waals surface area contributed by atoms with Crippen LogP contribution in [0.25, 0.3) is 0 Å². The number of carbonyl (C=O) groups is 3. The van der Waals surface area contributed by atoms with E-state index in [1.54, 1.807) is 44.9 Å². The van der Waals surface area contributed by atoms with Crippen LogP contribution in [-0.2, 0) is 35.0 Å². The zero-order valence-corrected chi connectivity index (χ0v) is 39.8. The highest BCUT2D eigenvalue weighted by Gasteiger charge is 2.34. The Morgan fingerprint density at radius 1 is 0.786 bits per heavy atom. The number of aliphatic carboxylic acids is 1. The van der Waals surface area contributed by atoms with Crippen molar-refractivity contribution in [1.82, 2.24) is 54.7 Å². The molecule has 6 rings (SSSR count). The number of aromatic hydroxyl groups is 1. The smallest absolute Gasteiger partial charge is 0.303 e. The van der Waals surface area contributed by atoms with Crippen molar-refractivity contribution < 1.29 is 43.9 Å². The molecule has 0 bridgehead atoms. The van der Waals surface area contributed by atoms with Crippen LogP contribution in [-0.4, -0.2) is 193 Å². The summed E-state index contributed by atoms with van der Waals surface area (Å²) in [6.07, 6.45) is 9.28. The van der Waals surface area contributed by atoms with E-state index in [9.17, 15) is 29.7 Å². The zero-order chi connectivity index (χ0) is 50.0. The molecule has 2 amide bonds. The molecule has 8 N–H and O–H groups in total. The molecule has 25 heteroatoms. The number of piperazine rings is 2. The van der Waals surface area contributed by atoms with Gasteiger partial charge in [-0.15, -0.1) is 16.6 Å². The summed E-state index contributed by atoms with van der Waals surface area (Å²) in [4.78, 5) is 61.9. The summed E-state index contributed by atoms with van der Waals surface area (Å²) < 4.78 is 19.4. The number of nitrogens with two attached hydrogens (primary N) is 2. The number of hydrogen-bond acceptors (Lipinski definition) is 20. The number of phenols is 1. The number of terminal acetylenes is 1. The third-order valence-electron chi connectivity index (χ3n) is 12.3. The first-order valence-electron chi connectivity index (χ1n) is 23.6. The van der Waals surface area contributed by atoms with Crippen LogP contribution >= 0.6 is 0 Å². The highest BCUT2D eigenvalue weighted by Crippen LogP contribution is 2.26. The molecule has 0 aliphatic carbocycles. The van der Waals surface area contributed by atoms with Crippen LogP contribution in [0.4, 0.5) is 17.8 Å². The number of aromatic nitrogens is 9. The summed E-state index contributed by atoms with van der Waals surface area (Å²) in [6.45, 7) is 9.00. The average Bonchev–Trinajstić information content (AvgIpc) is 4.08. The molecule has 1 aromatic carbocycles. The van der Waals surface area contributed by atoms with Crippen LogP contribution < -0.4 is 26.6 Å². The fourth-order valence-electron chi connectivity index (χ4n) is 7.82. The predicted octanol–water partition coefficient (Wildman–Crippen LogP) is -0.220. The van der Waals surface area contributed by atoms with E-state index in [-0.39, 0.29) is 74.4 Å². The number of nitrogens with one attached hydrogen (secondary N) is 1. The number of anilines is 3. The van der Waals surface area contributed by atoms with Gasteiger partial charge in [-0.2, -0.15) is 15.0 Å². The summed E-state index contributed by atoms with van der Waals surface area (Å²) in [5.41, 5.74) is 14.2. The summed E-state index contributed by atoms with van der Waals surface area (Å²) in [6, 6.07) is 3.92. The molecule has 0 spiro atoms.